The zero-order valence-electron chi connectivity index (χ0n) is 10.8. The highest BCUT2D eigenvalue weighted by Gasteiger charge is 2.22. The van der Waals surface area contributed by atoms with Gasteiger partial charge in [-0.2, -0.15) is 0 Å². The molecule has 1 aliphatic heterocycles. The van der Waals surface area contributed by atoms with Crippen LogP contribution in [0.2, 0.25) is 0 Å². The minimum atomic E-state index is -0.206. The fraction of sp³-hybridized carbons (Fsp3) is 0.500. The Bertz CT molecular complexity index is 373. The smallest absolute Gasteiger partial charge is 0.338 e. The van der Waals surface area contributed by atoms with Crippen LogP contribution in [0.25, 0.3) is 0 Å². The van der Waals surface area contributed by atoms with E-state index in [-0.39, 0.29) is 12.1 Å². The molecule has 1 aromatic rings. The van der Waals surface area contributed by atoms with Gasteiger partial charge in [0.05, 0.1) is 5.56 Å². The number of rotatable bonds is 4. The summed E-state index contributed by atoms with van der Waals surface area (Å²) in [7, 11) is 1.95. The quantitative estimate of drug-likeness (QED) is 0.820. The lowest BCUT2D eigenvalue weighted by molar-refractivity contribution is 0.0108. The summed E-state index contributed by atoms with van der Waals surface area (Å²) in [5.74, 6) is -0.206. The average molecular weight is 248 g/mol. The number of hydrogen-bond acceptors (Lipinski definition) is 4. The highest BCUT2D eigenvalue weighted by molar-refractivity contribution is 5.89. The molecular formula is C14H20N2O2. The number of benzene rings is 1. The van der Waals surface area contributed by atoms with E-state index in [1.165, 1.54) is 0 Å². The van der Waals surface area contributed by atoms with Gasteiger partial charge in [0.1, 0.15) is 6.10 Å². The van der Waals surface area contributed by atoms with Gasteiger partial charge in [-0.15, -0.1) is 0 Å². The van der Waals surface area contributed by atoms with Gasteiger partial charge < -0.3 is 10.1 Å². The lowest BCUT2D eigenvalue weighted by Crippen LogP contribution is -2.41. The minimum absolute atomic E-state index is 0.0609. The molecule has 1 fully saturated rings. The van der Waals surface area contributed by atoms with E-state index in [2.05, 4.69) is 10.2 Å². The van der Waals surface area contributed by atoms with Crippen molar-refractivity contribution in [2.75, 3.05) is 26.8 Å². The molecule has 98 valence electrons. The molecule has 0 saturated carbocycles. The highest BCUT2D eigenvalue weighted by atomic mass is 16.5. The highest BCUT2D eigenvalue weighted by Crippen LogP contribution is 2.15. The first-order valence-corrected chi connectivity index (χ1v) is 6.42. The predicted octanol–water partition coefficient (Wildman–Crippen LogP) is 1.48. The third-order valence-corrected chi connectivity index (χ3v) is 3.20. The van der Waals surface area contributed by atoms with Crippen LogP contribution in [0.5, 0.6) is 0 Å². The molecule has 0 aliphatic carbocycles. The van der Waals surface area contributed by atoms with Gasteiger partial charge in [0.2, 0.25) is 0 Å². The third-order valence-electron chi connectivity index (χ3n) is 3.20. The van der Waals surface area contributed by atoms with Crippen molar-refractivity contribution in [3.05, 3.63) is 35.9 Å². The lowest BCUT2D eigenvalue weighted by atomic mass is 10.1. The van der Waals surface area contributed by atoms with Crippen molar-refractivity contribution in [2.45, 2.75) is 18.9 Å². The summed E-state index contributed by atoms with van der Waals surface area (Å²) in [6.45, 7) is 2.86. The molecule has 0 radical (unpaired) electrons. The fourth-order valence-corrected chi connectivity index (χ4v) is 2.20. The van der Waals surface area contributed by atoms with Crippen LogP contribution in [0.3, 0.4) is 0 Å². The molecule has 4 nitrogen and oxygen atoms in total. The van der Waals surface area contributed by atoms with E-state index in [9.17, 15) is 4.79 Å². The molecule has 1 aromatic carbocycles. The van der Waals surface area contributed by atoms with Crippen molar-refractivity contribution in [2.24, 2.45) is 0 Å². The minimum Gasteiger partial charge on any atom is -0.459 e. The molecule has 0 spiro atoms. The zero-order chi connectivity index (χ0) is 12.8. The summed E-state index contributed by atoms with van der Waals surface area (Å²) in [6.07, 6.45) is 1.89. The van der Waals surface area contributed by atoms with E-state index >= 15 is 0 Å². The normalized spacial score (nSPS) is 17.6. The zero-order valence-corrected chi connectivity index (χ0v) is 10.8. The van der Waals surface area contributed by atoms with Crippen molar-refractivity contribution in [3.8, 4) is 0 Å². The van der Waals surface area contributed by atoms with Gasteiger partial charge >= 0.3 is 5.97 Å². The van der Waals surface area contributed by atoms with Gasteiger partial charge in [-0.05, 0) is 32.0 Å². The number of piperidine rings is 1. The largest absolute Gasteiger partial charge is 0.459 e. The van der Waals surface area contributed by atoms with E-state index in [1.807, 2.05) is 25.2 Å². The van der Waals surface area contributed by atoms with E-state index in [4.69, 9.17) is 4.74 Å². The van der Waals surface area contributed by atoms with Crippen LogP contribution in [-0.4, -0.2) is 43.8 Å². The number of nitrogens with one attached hydrogen (secondary N) is 1. The number of nitrogens with zero attached hydrogens (tertiary/aromatic N) is 1. The first kappa shape index (κ1) is 13.1. The molecule has 1 heterocycles. The summed E-state index contributed by atoms with van der Waals surface area (Å²) in [6, 6.07) is 9.18. The molecule has 1 N–H and O–H groups in total. The van der Waals surface area contributed by atoms with Crippen LogP contribution in [0.15, 0.2) is 30.3 Å². The average Bonchev–Trinajstić information content (AvgIpc) is 2.42. The molecule has 0 atom stereocenters. The number of carbonyl (C=O) groups excluding carboxylic acids is 1. The summed E-state index contributed by atoms with van der Waals surface area (Å²) in [5, 5.41) is 3.14. The number of ether oxygens (including phenoxy) is 1. The molecule has 18 heavy (non-hydrogen) atoms. The second kappa shape index (κ2) is 6.52. The standard InChI is InChI=1S/C14H20N2O2/c1-15-11-16-9-7-13(8-10-16)18-14(17)12-5-3-2-4-6-12/h2-6,13,15H,7-11H2,1H3. The van der Waals surface area contributed by atoms with Crippen molar-refractivity contribution in [1.29, 1.82) is 0 Å². The van der Waals surface area contributed by atoms with Crippen LogP contribution in [-0.2, 0) is 4.74 Å². The van der Waals surface area contributed by atoms with Crippen LogP contribution < -0.4 is 5.32 Å². The van der Waals surface area contributed by atoms with Gasteiger partial charge in [-0.1, -0.05) is 18.2 Å². The second-order valence-corrected chi connectivity index (χ2v) is 4.60. The maximum atomic E-state index is 11.9. The molecule has 0 bridgehead atoms. The van der Waals surface area contributed by atoms with Gasteiger partial charge in [-0.3, -0.25) is 4.90 Å². The van der Waals surface area contributed by atoms with Gasteiger partial charge in [0.15, 0.2) is 0 Å². The Kier molecular flexibility index (Phi) is 4.73. The number of hydrogen-bond donors (Lipinski definition) is 1. The van der Waals surface area contributed by atoms with Crippen molar-refractivity contribution in [1.82, 2.24) is 10.2 Å². The Morgan fingerprint density at radius 2 is 2.00 bits per heavy atom. The maximum absolute atomic E-state index is 11.9. The Balaban J connectivity index is 1.80. The van der Waals surface area contributed by atoms with Crippen molar-refractivity contribution >= 4 is 5.97 Å². The Morgan fingerprint density at radius 1 is 1.33 bits per heavy atom. The Labute approximate surface area is 108 Å². The van der Waals surface area contributed by atoms with E-state index < -0.39 is 0 Å². The SMILES string of the molecule is CNCN1CCC(OC(=O)c2ccccc2)CC1. The first-order chi connectivity index (χ1) is 8.79. The summed E-state index contributed by atoms with van der Waals surface area (Å²) in [4.78, 5) is 14.2. The van der Waals surface area contributed by atoms with E-state index in [0.717, 1.165) is 32.6 Å². The van der Waals surface area contributed by atoms with Crippen LogP contribution >= 0.6 is 0 Å². The monoisotopic (exact) mass is 248 g/mol. The number of esters is 1. The molecule has 1 saturated heterocycles. The van der Waals surface area contributed by atoms with E-state index in [0.29, 0.717) is 5.56 Å². The second-order valence-electron chi connectivity index (χ2n) is 4.60. The molecule has 1 aliphatic rings. The molecule has 4 heteroatoms. The summed E-state index contributed by atoms with van der Waals surface area (Å²) >= 11 is 0. The van der Waals surface area contributed by atoms with Crippen molar-refractivity contribution < 1.29 is 9.53 Å². The molecule has 0 amide bonds. The van der Waals surface area contributed by atoms with Crippen LogP contribution in [0, 0.1) is 0 Å². The molecule has 0 unspecified atom stereocenters. The lowest BCUT2D eigenvalue weighted by Gasteiger charge is -2.31. The van der Waals surface area contributed by atoms with E-state index in [1.54, 1.807) is 12.1 Å². The summed E-state index contributed by atoms with van der Waals surface area (Å²) < 4.78 is 5.52. The Morgan fingerprint density at radius 3 is 2.61 bits per heavy atom. The number of likely N-dealkylation sites (tertiary alicyclic amines) is 1. The molecule has 2 rings (SSSR count). The molecule has 0 aromatic heterocycles. The Hall–Kier alpha value is -1.39. The van der Waals surface area contributed by atoms with Crippen LogP contribution in [0.1, 0.15) is 23.2 Å². The first-order valence-electron chi connectivity index (χ1n) is 6.42. The maximum Gasteiger partial charge on any atom is 0.338 e. The van der Waals surface area contributed by atoms with Crippen LogP contribution in [0.4, 0.5) is 0 Å². The number of carbonyl (C=O) groups is 1. The third kappa shape index (κ3) is 3.55. The van der Waals surface area contributed by atoms with Gasteiger partial charge in [-0.25, -0.2) is 4.79 Å². The van der Waals surface area contributed by atoms with Gasteiger partial charge in [0, 0.05) is 19.8 Å². The summed E-state index contributed by atoms with van der Waals surface area (Å²) in [5.41, 5.74) is 0.634. The molecular weight excluding hydrogens is 228 g/mol. The topological polar surface area (TPSA) is 41.6 Å². The predicted molar refractivity (Wildman–Crippen MR) is 70.4 cm³/mol. The fourth-order valence-electron chi connectivity index (χ4n) is 2.20. The van der Waals surface area contributed by atoms with Gasteiger partial charge in [0.25, 0.3) is 0 Å². The van der Waals surface area contributed by atoms with Crippen molar-refractivity contribution in [3.63, 3.8) is 0 Å².